The Hall–Kier alpha value is -3.55. The average molecular weight is 557 g/mol. The number of fused-ring (bicyclic) bond motifs is 4. The third kappa shape index (κ3) is 7.40. The molecule has 5 N–H and O–H groups in total. The standard InChI is InChI=1S/C34H44N4O3/c1-23(2)25-9-7-10-27(18-25)34(12-13-34)37-22-32(39)31-17-24-8-6-11-30(16-24)41-15-5-4-14-36-29-20-26(33(40)38-31)19-28(21-29)35-3/h6-11,16,18-21,23,31-32,35-37,39H,4-5,12-15,17,22H2,1-3H3,(H,38,40)/t31-,32+/m0/s1. The monoisotopic (exact) mass is 556 g/mol. The number of anilines is 2. The van der Waals surface area contributed by atoms with Crippen LogP contribution in [0.15, 0.2) is 66.7 Å². The summed E-state index contributed by atoms with van der Waals surface area (Å²) >= 11 is 0. The van der Waals surface area contributed by atoms with Crippen LogP contribution in [0.4, 0.5) is 11.4 Å². The number of rotatable bonds is 7. The number of hydrogen-bond acceptors (Lipinski definition) is 6. The summed E-state index contributed by atoms with van der Waals surface area (Å²) < 4.78 is 6.02. The summed E-state index contributed by atoms with van der Waals surface area (Å²) in [4.78, 5) is 13.6. The lowest BCUT2D eigenvalue weighted by Gasteiger charge is -2.28. The van der Waals surface area contributed by atoms with Crippen LogP contribution < -0.4 is 26.0 Å². The average Bonchev–Trinajstić information content (AvgIpc) is 3.78. The van der Waals surface area contributed by atoms with Gasteiger partial charge in [0.05, 0.1) is 18.8 Å². The van der Waals surface area contributed by atoms with E-state index in [-0.39, 0.29) is 11.4 Å². The number of aliphatic hydroxyl groups is 1. The van der Waals surface area contributed by atoms with Crippen LogP contribution >= 0.6 is 0 Å². The van der Waals surface area contributed by atoms with Crippen molar-refractivity contribution in [2.24, 2.45) is 0 Å². The molecule has 3 aromatic rings. The first kappa shape index (κ1) is 29.0. The zero-order chi connectivity index (χ0) is 28.8. The van der Waals surface area contributed by atoms with E-state index in [1.807, 2.05) is 49.5 Å². The fourth-order valence-corrected chi connectivity index (χ4v) is 5.54. The first-order valence-electron chi connectivity index (χ1n) is 15.0. The number of hydrogen-bond donors (Lipinski definition) is 5. The maximum Gasteiger partial charge on any atom is 0.251 e. The van der Waals surface area contributed by atoms with Gasteiger partial charge in [-0.2, -0.15) is 0 Å². The van der Waals surface area contributed by atoms with Gasteiger partial charge in [0.2, 0.25) is 0 Å². The normalized spacial score (nSPS) is 19.4. The van der Waals surface area contributed by atoms with E-state index in [0.29, 0.717) is 31.1 Å². The molecule has 2 atom stereocenters. The lowest BCUT2D eigenvalue weighted by molar-refractivity contribution is 0.0822. The van der Waals surface area contributed by atoms with Crippen LogP contribution in [-0.2, 0) is 12.0 Å². The summed E-state index contributed by atoms with van der Waals surface area (Å²) in [6, 6.07) is 22.0. The maximum absolute atomic E-state index is 13.6. The van der Waals surface area contributed by atoms with E-state index in [9.17, 15) is 9.90 Å². The van der Waals surface area contributed by atoms with Gasteiger partial charge in [0.15, 0.2) is 0 Å². The molecular formula is C34H44N4O3. The van der Waals surface area contributed by atoms with Gasteiger partial charge >= 0.3 is 0 Å². The van der Waals surface area contributed by atoms with E-state index >= 15 is 0 Å². The molecule has 1 aliphatic heterocycles. The molecule has 1 fully saturated rings. The van der Waals surface area contributed by atoms with Crippen molar-refractivity contribution in [3.63, 3.8) is 0 Å². The highest BCUT2D eigenvalue weighted by Gasteiger charge is 2.44. The topological polar surface area (TPSA) is 94.7 Å². The molecule has 0 saturated heterocycles. The van der Waals surface area contributed by atoms with Crippen molar-refractivity contribution in [1.29, 1.82) is 0 Å². The highest BCUT2D eigenvalue weighted by molar-refractivity contribution is 5.96. The largest absolute Gasteiger partial charge is 0.494 e. The summed E-state index contributed by atoms with van der Waals surface area (Å²) in [7, 11) is 1.85. The predicted octanol–water partition coefficient (Wildman–Crippen LogP) is 5.42. The Kier molecular flexibility index (Phi) is 9.15. The molecule has 7 nitrogen and oxygen atoms in total. The Morgan fingerprint density at radius 1 is 1.05 bits per heavy atom. The lowest BCUT2D eigenvalue weighted by Crippen LogP contribution is -2.50. The minimum atomic E-state index is -0.793. The number of nitrogens with one attached hydrogen (secondary N) is 4. The van der Waals surface area contributed by atoms with Gasteiger partial charge in [-0.15, -0.1) is 0 Å². The van der Waals surface area contributed by atoms with Crippen molar-refractivity contribution in [3.05, 3.63) is 89.0 Å². The summed E-state index contributed by atoms with van der Waals surface area (Å²) in [5.41, 5.74) is 5.78. The zero-order valence-corrected chi connectivity index (χ0v) is 24.5. The second-order valence-electron chi connectivity index (χ2n) is 11.8. The smallest absolute Gasteiger partial charge is 0.251 e. The first-order valence-corrected chi connectivity index (χ1v) is 15.0. The minimum absolute atomic E-state index is 0.121. The van der Waals surface area contributed by atoms with Crippen molar-refractivity contribution < 1.29 is 14.6 Å². The van der Waals surface area contributed by atoms with Crippen LogP contribution in [0.1, 0.15) is 72.5 Å². The Morgan fingerprint density at radius 3 is 2.66 bits per heavy atom. The van der Waals surface area contributed by atoms with E-state index in [1.165, 1.54) is 11.1 Å². The van der Waals surface area contributed by atoms with Crippen LogP contribution in [0.5, 0.6) is 5.75 Å². The second kappa shape index (κ2) is 13.0. The van der Waals surface area contributed by atoms with E-state index in [0.717, 1.165) is 54.9 Å². The molecule has 218 valence electrons. The van der Waals surface area contributed by atoms with Gasteiger partial charge in [-0.1, -0.05) is 50.2 Å². The minimum Gasteiger partial charge on any atom is -0.494 e. The fourth-order valence-electron chi connectivity index (χ4n) is 5.54. The van der Waals surface area contributed by atoms with Crippen molar-refractivity contribution in [1.82, 2.24) is 10.6 Å². The number of carbonyl (C=O) groups is 1. The molecule has 0 aromatic heterocycles. The van der Waals surface area contributed by atoms with Gasteiger partial charge in [-0.25, -0.2) is 0 Å². The van der Waals surface area contributed by atoms with Gasteiger partial charge in [0, 0.05) is 42.6 Å². The van der Waals surface area contributed by atoms with Gasteiger partial charge < -0.3 is 31.1 Å². The zero-order valence-electron chi connectivity index (χ0n) is 24.5. The van der Waals surface area contributed by atoms with Crippen LogP contribution in [0.2, 0.25) is 0 Å². The molecule has 4 bridgehead atoms. The highest BCUT2D eigenvalue weighted by Crippen LogP contribution is 2.46. The molecule has 3 aromatic carbocycles. The molecule has 7 heteroatoms. The molecule has 5 rings (SSSR count). The molecule has 0 radical (unpaired) electrons. The van der Waals surface area contributed by atoms with Crippen molar-refractivity contribution in [2.75, 3.05) is 37.4 Å². The molecule has 0 unspecified atom stereocenters. The summed E-state index contributed by atoms with van der Waals surface area (Å²) in [5, 5.41) is 25.0. The van der Waals surface area contributed by atoms with Crippen LogP contribution in [0, 0.1) is 0 Å². The van der Waals surface area contributed by atoms with E-state index in [4.69, 9.17) is 4.74 Å². The Balaban J connectivity index is 1.37. The third-order valence-corrected chi connectivity index (χ3v) is 8.29. The Bertz CT molecular complexity index is 1340. The molecule has 2 aliphatic rings. The first-order chi connectivity index (χ1) is 19.8. The van der Waals surface area contributed by atoms with Crippen molar-refractivity contribution in [2.45, 2.75) is 69.6 Å². The SMILES string of the molecule is CNc1cc2cc(c1)C(=O)N[C@H]([C@H](O)CNC1(c3cccc(C(C)C)c3)CC1)Cc1cccc(c1)OCCCCN2. The number of ether oxygens (including phenoxy) is 1. The van der Waals surface area contributed by atoms with Crippen LogP contribution in [0.25, 0.3) is 0 Å². The summed E-state index contributed by atoms with van der Waals surface area (Å²) in [5.74, 6) is 1.06. The lowest BCUT2D eigenvalue weighted by atomic mass is 9.95. The maximum atomic E-state index is 13.6. The molecule has 1 saturated carbocycles. The molecule has 41 heavy (non-hydrogen) atoms. The van der Waals surface area contributed by atoms with E-state index in [2.05, 4.69) is 59.4 Å². The molecule has 0 spiro atoms. The quantitative estimate of drug-likeness (QED) is 0.267. The highest BCUT2D eigenvalue weighted by atomic mass is 16.5. The fraction of sp³-hybridized carbons (Fsp3) is 0.441. The molecule has 1 aliphatic carbocycles. The molecular weight excluding hydrogens is 512 g/mol. The summed E-state index contributed by atoms with van der Waals surface area (Å²) in [6.45, 7) is 6.21. The number of amides is 1. The van der Waals surface area contributed by atoms with Crippen molar-refractivity contribution >= 4 is 17.3 Å². The summed E-state index contributed by atoms with van der Waals surface area (Å²) in [6.07, 6.45) is 3.63. The molecule has 1 heterocycles. The number of carbonyl (C=O) groups excluding carboxylic acids is 1. The van der Waals surface area contributed by atoms with E-state index in [1.54, 1.807) is 0 Å². The Morgan fingerprint density at radius 2 is 1.88 bits per heavy atom. The van der Waals surface area contributed by atoms with Gasteiger partial charge in [-0.3, -0.25) is 4.79 Å². The van der Waals surface area contributed by atoms with Gasteiger partial charge in [0.1, 0.15) is 5.75 Å². The van der Waals surface area contributed by atoms with Crippen molar-refractivity contribution in [3.8, 4) is 5.75 Å². The van der Waals surface area contributed by atoms with Gasteiger partial charge in [-0.05, 0) is 85.0 Å². The third-order valence-electron chi connectivity index (χ3n) is 8.29. The van der Waals surface area contributed by atoms with Crippen LogP contribution in [-0.4, -0.2) is 49.9 Å². The molecule has 1 amide bonds. The van der Waals surface area contributed by atoms with E-state index < -0.39 is 12.1 Å². The number of aliphatic hydroxyl groups excluding tert-OH is 1. The van der Waals surface area contributed by atoms with Gasteiger partial charge in [0.25, 0.3) is 5.91 Å². The number of benzene rings is 3. The Labute approximate surface area is 244 Å². The predicted molar refractivity (Wildman–Crippen MR) is 166 cm³/mol. The second-order valence-corrected chi connectivity index (χ2v) is 11.8. The van der Waals surface area contributed by atoms with Crippen LogP contribution in [0.3, 0.4) is 0 Å².